The Morgan fingerprint density at radius 1 is 0.558 bits per heavy atom. The van der Waals surface area contributed by atoms with E-state index in [1.807, 2.05) is 0 Å². The number of benzene rings is 2. The van der Waals surface area contributed by atoms with E-state index in [4.69, 9.17) is 18.9 Å². The number of nitrogens with one attached hydrogen (secondary N) is 2. The van der Waals surface area contributed by atoms with Crippen LogP contribution in [0.15, 0.2) is 24.3 Å². The van der Waals surface area contributed by atoms with Crippen LogP contribution in [0.1, 0.15) is 119 Å². The molecular formula is C37H58N2O4. The summed E-state index contributed by atoms with van der Waals surface area (Å²) in [5, 5.41) is 7.80. The summed E-state index contributed by atoms with van der Waals surface area (Å²) in [4.78, 5) is 0. The lowest BCUT2D eigenvalue weighted by Crippen LogP contribution is -2.35. The van der Waals surface area contributed by atoms with Gasteiger partial charge in [0.05, 0.1) is 28.4 Å². The van der Waals surface area contributed by atoms with Gasteiger partial charge in [-0.2, -0.15) is 0 Å². The van der Waals surface area contributed by atoms with Gasteiger partial charge in [0.1, 0.15) is 0 Å². The lowest BCUT2D eigenvalue weighted by Gasteiger charge is -2.35. The molecule has 0 saturated heterocycles. The Bertz CT molecular complexity index is 1050. The summed E-state index contributed by atoms with van der Waals surface area (Å²) in [6.07, 6.45) is 16.1. The second kappa shape index (κ2) is 17.2. The van der Waals surface area contributed by atoms with Gasteiger partial charge in [-0.3, -0.25) is 0 Å². The zero-order chi connectivity index (χ0) is 30.6. The monoisotopic (exact) mass is 594 g/mol. The van der Waals surface area contributed by atoms with Gasteiger partial charge in [0.2, 0.25) is 0 Å². The molecule has 43 heavy (non-hydrogen) atoms. The van der Waals surface area contributed by atoms with E-state index in [1.165, 1.54) is 92.9 Å². The highest BCUT2D eigenvalue weighted by atomic mass is 16.5. The summed E-state index contributed by atoms with van der Waals surface area (Å²) < 4.78 is 22.6. The summed E-state index contributed by atoms with van der Waals surface area (Å²) in [6.45, 7) is 6.68. The quantitative estimate of drug-likeness (QED) is 0.169. The molecule has 2 aliphatic heterocycles. The Kier molecular flexibility index (Phi) is 13.3. The van der Waals surface area contributed by atoms with Crippen LogP contribution in [-0.2, 0) is 12.8 Å². The average molecular weight is 595 g/mol. The Morgan fingerprint density at radius 2 is 0.930 bits per heavy atom. The molecule has 0 fully saturated rings. The summed E-state index contributed by atoms with van der Waals surface area (Å²) in [6, 6.07) is 9.67. The van der Waals surface area contributed by atoms with E-state index >= 15 is 0 Å². The first-order chi connectivity index (χ1) is 21.1. The standard InChI is InChI=1S/C37H58N2O4/c1-7-9-14-26(36-30-24-34(42-5)32(40-3)22-28(30)18-20-38-36)16-12-11-13-17-27(15-10-8-2)37-31-25-35(43-6)33(41-4)23-29(31)19-21-39-37/h22-27,36-39H,7-21H2,1-6H3/t26-,27-,36-,37-/m1/s1. The molecule has 2 aromatic carbocycles. The molecule has 0 aliphatic carbocycles. The lowest BCUT2D eigenvalue weighted by molar-refractivity contribution is 0.278. The Balaban J connectivity index is 1.40. The molecule has 0 amide bonds. The molecule has 4 rings (SSSR count). The third-order valence-electron chi connectivity index (χ3n) is 9.93. The smallest absolute Gasteiger partial charge is 0.161 e. The van der Waals surface area contributed by atoms with Gasteiger partial charge in [-0.1, -0.05) is 58.8 Å². The van der Waals surface area contributed by atoms with Crippen LogP contribution >= 0.6 is 0 Å². The topological polar surface area (TPSA) is 61.0 Å². The highest BCUT2D eigenvalue weighted by Crippen LogP contribution is 2.42. The average Bonchev–Trinajstić information content (AvgIpc) is 3.05. The molecule has 2 aliphatic rings. The molecule has 0 unspecified atom stereocenters. The largest absolute Gasteiger partial charge is 0.493 e. The van der Waals surface area contributed by atoms with Gasteiger partial charge in [-0.25, -0.2) is 0 Å². The Labute approximate surface area is 261 Å². The van der Waals surface area contributed by atoms with Gasteiger partial charge in [0.25, 0.3) is 0 Å². The van der Waals surface area contributed by atoms with Gasteiger partial charge in [-0.05, 0) is 110 Å². The maximum atomic E-state index is 5.70. The van der Waals surface area contributed by atoms with E-state index in [2.05, 4.69) is 48.7 Å². The molecular weight excluding hydrogens is 536 g/mol. The molecule has 6 nitrogen and oxygen atoms in total. The van der Waals surface area contributed by atoms with E-state index in [0.29, 0.717) is 23.9 Å². The van der Waals surface area contributed by atoms with Crippen LogP contribution in [0.5, 0.6) is 23.0 Å². The molecule has 4 atom stereocenters. The second-order valence-corrected chi connectivity index (χ2v) is 12.6. The van der Waals surface area contributed by atoms with E-state index in [0.717, 1.165) is 48.9 Å². The van der Waals surface area contributed by atoms with Crippen molar-refractivity contribution in [2.45, 2.75) is 109 Å². The number of hydrogen-bond acceptors (Lipinski definition) is 6. The van der Waals surface area contributed by atoms with E-state index in [9.17, 15) is 0 Å². The summed E-state index contributed by atoms with van der Waals surface area (Å²) in [5.41, 5.74) is 5.66. The van der Waals surface area contributed by atoms with E-state index < -0.39 is 0 Å². The Morgan fingerprint density at radius 3 is 1.30 bits per heavy atom. The van der Waals surface area contributed by atoms with Crippen LogP contribution in [0.4, 0.5) is 0 Å². The minimum Gasteiger partial charge on any atom is -0.493 e. The van der Waals surface area contributed by atoms with Crippen LogP contribution < -0.4 is 29.6 Å². The van der Waals surface area contributed by atoms with Crippen LogP contribution in [0.3, 0.4) is 0 Å². The number of unbranched alkanes of at least 4 members (excludes halogenated alkanes) is 4. The zero-order valence-electron chi connectivity index (χ0n) is 27.9. The number of fused-ring (bicyclic) bond motifs is 2. The van der Waals surface area contributed by atoms with Gasteiger partial charge >= 0.3 is 0 Å². The summed E-state index contributed by atoms with van der Waals surface area (Å²) in [5.74, 6) is 4.66. The van der Waals surface area contributed by atoms with Crippen LogP contribution in [0.2, 0.25) is 0 Å². The number of rotatable bonds is 18. The van der Waals surface area contributed by atoms with Gasteiger partial charge in [0, 0.05) is 12.1 Å². The fraction of sp³-hybridized carbons (Fsp3) is 0.676. The maximum Gasteiger partial charge on any atom is 0.161 e. The maximum absolute atomic E-state index is 5.70. The highest BCUT2D eigenvalue weighted by molar-refractivity contribution is 5.50. The third kappa shape index (κ3) is 8.39. The highest BCUT2D eigenvalue weighted by Gasteiger charge is 2.30. The normalized spacial score (nSPS) is 19.2. The van der Waals surface area contributed by atoms with Crippen molar-refractivity contribution in [3.8, 4) is 23.0 Å². The molecule has 0 aromatic heterocycles. The molecule has 0 spiro atoms. The number of methoxy groups -OCH3 is 4. The van der Waals surface area contributed by atoms with E-state index in [-0.39, 0.29) is 0 Å². The molecule has 6 heteroatoms. The van der Waals surface area contributed by atoms with Crippen LogP contribution in [0, 0.1) is 11.8 Å². The van der Waals surface area contributed by atoms with Gasteiger partial charge in [-0.15, -0.1) is 0 Å². The van der Waals surface area contributed by atoms with Crippen molar-refractivity contribution in [3.63, 3.8) is 0 Å². The van der Waals surface area contributed by atoms with Crippen molar-refractivity contribution in [3.05, 3.63) is 46.5 Å². The Hall–Kier alpha value is -2.44. The fourth-order valence-electron chi connectivity index (χ4n) is 7.55. The fourth-order valence-corrected chi connectivity index (χ4v) is 7.55. The molecule has 2 heterocycles. The molecule has 240 valence electrons. The number of ether oxygens (including phenoxy) is 4. The lowest BCUT2D eigenvalue weighted by atomic mass is 9.79. The summed E-state index contributed by atoms with van der Waals surface area (Å²) >= 11 is 0. The zero-order valence-corrected chi connectivity index (χ0v) is 27.9. The summed E-state index contributed by atoms with van der Waals surface area (Å²) in [7, 11) is 6.95. The van der Waals surface area contributed by atoms with Crippen molar-refractivity contribution >= 4 is 0 Å². The van der Waals surface area contributed by atoms with Crippen molar-refractivity contribution < 1.29 is 18.9 Å². The minimum absolute atomic E-state index is 0.391. The van der Waals surface area contributed by atoms with Crippen molar-refractivity contribution in [2.75, 3.05) is 41.5 Å². The van der Waals surface area contributed by atoms with Crippen LogP contribution in [-0.4, -0.2) is 41.5 Å². The van der Waals surface area contributed by atoms with Crippen LogP contribution in [0.25, 0.3) is 0 Å². The van der Waals surface area contributed by atoms with Crippen molar-refractivity contribution in [1.29, 1.82) is 0 Å². The predicted molar refractivity (Wildman–Crippen MR) is 177 cm³/mol. The molecule has 0 radical (unpaired) electrons. The first-order valence-corrected chi connectivity index (χ1v) is 17.0. The van der Waals surface area contributed by atoms with Crippen molar-refractivity contribution in [2.24, 2.45) is 11.8 Å². The SMILES string of the molecule is CCCC[C@H](CCCCC[C@@H](CCCC)[C@H]1NCCc2cc(OC)c(OC)cc21)[C@H]1NCCc2cc(OC)c(OC)cc21. The van der Waals surface area contributed by atoms with Gasteiger partial charge < -0.3 is 29.6 Å². The second-order valence-electron chi connectivity index (χ2n) is 12.6. The molecule has 2 N–H and O–H groups in total. The van der Waals surface area contributed by atoms with Gasteiger partial charge in [0.15, 0.2) is 23.0 Å². The number of hydrogen-bond donors (Lipinski definition) is 2. The predicted octanol–water partition coefficient (Wildman–Crippen LogP) is 8.36. The minimum atomic E-state index is 0.391. The molecule has 0 bridgehead atoms. The van der Waals surface area contributed by atoms with E-state index in [1.54, 1.807) is 28.4 Å². The first-order valence-electron chi connectivity index (χ1n) is 17.0. The third-order valence-corrected chi connectivity index (χ3v) is 9.93. The molecule has 0 saturated carbocycles. The van der Waals surface area contributed by atoms with Crippen molar-refractivity contribution in [1.82, 2.24) is 10.6 Å². The molecule has 2 aromatic rings. The first kappa shape index (κ1) is 33.5.